The molecule has 3 heterocycles. The highest BCUT2D eigenvalue weighted by Gasteiger charge is 2.28. The van der Waals surface area contributed by atoms with Crippen LogP contribution < -0.4 is 21.1 Å². The molecule has 2 N–H and O–H groups in total. The van der Waals surface area contributed by atoms with E-state index in [2.05, 4.69) is 16.7 Å². The number of rotatable bonds is 6. The molecule has 10 nitrogen and oxygen atoms in total. The van der Waals surface area contributed by atoms with E-state index in [-0.39, 0.29) is 18.1 Å². The average Bonchev–Trinajstić information content (AvgIpc) is 3.23. The molecule has 1 aliphatic heterocycles. The van der Waals surface area contributed by atoms with Crippen molar-refractivity contribution in [2.45, 2.75) is 45.8 Å². The van der Waals surface area contributed by atoms with Gasteiger partial charge in [0.25, 0.3) is 5.56 Å². The van der Waals surface area contributed by atoms with Crippen LogP contribution in [0.15, 0.2) is 35.1 Å². The van der Waals surface area contributed by atoms with Crippen LogP contribution in [0.1, 0.15) is 31.0 Å². The van der Waals surface area contributed by atoms with Crippen LogP contribution in [0.2, 0.25) is 0 Å². The molecule has 0 radical (unpaired) electrons. The number of pyridine rings is 1. The van der Waals surface area contributed by atoms with E-state index in [0.29, 0.717) is 25.3 Å². The SMILES string of the molecule is CC#CCn1c(N2CCCC(N)C2)nc(N(C)C(=O)N(C=O)Cc2ccc3c(ccc(=O)n3C)c2)c1C. The van der Waals surface area contributed by atoms with Crippen molar-refractivity contribution in [2.24, 2.45) is 12.8 Å². The third-order valence-corrected chi connectivity index (χ3v) is 6.85. The van der Waals surface area contributed by atoms with Crippen molar-refractivity contribution in [3.63, 3.8) is 0 Å². The minimum atomic E-state index is -0.494. The second-order valence-corrected chi connectivity index (χ2v) is 9.38. The number of nitrogens with two attached hydrogens (primary N) is 1. The van der Waals surface area contributed by atoms with Crippen molar-refractivity contribution in [3.8, 4) is 11.8 Å². The van der Waals surface area contributed by atoms with Crippen molar-refractivity contribution in [3.05, 3.63) is 51.9 Å². The number of amides is 3. The smallest absolute Gasteiger partial charge is 0.332 e. The summed E-state index contributed by atoms with van der Waals surface area (Å²) in [5, 5.41) is 0.849. The Kier molecular flexibility index (Phi) is 7.64. The highest BCUT2D eigenvalue weighted by Crippen LogP contribution is 2.28. The Labute approximate surface area is 216 Å². The molecule has 0 aliphatic carbocycles. The second kappa shape index (κ2) is 10.9. The van der Waals surface area contributed by atoms with E-state index in [4.69, 9.17) is 10.7 Å². The van der Waals surface area contributed by atoms with Gasteiger partial charge in [-0.05, 0) is 55.8 Å². The summed E-state index contributed by atoms with van der Waals surface area (Å²) in [6.45, 7) is 5.72. The lowest BCUT2D eigenvalue weighted by Crippen LogP contribution is -2.44. The molecule has 0 bridgehead atoms. The lowest BCUT2D eigenvalue weighted by molar-refractivity contribution is -0.115. The minimum absolute atomic E-state index is 0.0641. The lowest BCUT2D eigenvalue weighted by Gasteiger charge is -2.31. The summed E-state index contributed by atoms with van der Waals surface area (Å²) >= 11 is 0. The minimum Gasteiger partial charge on any atom is -0.341 e. The van der Waals surface area contributed by atoms with Crippen molar-refractivity contribution in [1.82, 2.24) is 19.0 Å². The summed E-state index contributed by atoms with van der Waals surface area (Å²) in [6, 6.07) is 8.31. The van der Waals surface area contributed by atoms with Gasteiger partial charge < -0.3 is 19.8 Å². The van der Waals surface area contributed by atoms with Crippen LogP contribution in [0.4, 0.5) is 16.6 Å². The number of nitrogens with zero attached hydrogens (tertiary/aromatic N) is 6. The number of imidazole rings is 1. The summed E-state index contributed by atoms with van der Waals surface area (Å²) in [5.74, 6) is 7.21. The van der Waals surface area contributed by atoms with E-state index < -0.39 is 6.03 Å². The van der Waals surface area contributed by atoms with Crippen LogP contribution in [-0.4, -0.2) is 57.6 Å². The van der Waals surface area contributed by atoms with E-state index in [0.717, 1.165) is 52.4 Å². The van der Waals surface area contributed by atoms with Crippen molar-refractivity contribution in [1.29, 1.82) is 0 Å². The van der Waals surface area contributed by atoms with Crippen molar-refractivity contribution < 1.29 is 9.59 Å². The van der Waals surface area contributed by atoms with Gasteiger partial charge in [-0.2, -0.15) is 4.98 Å². The van der Waals surface area contributed by atoms with Gasteiger partial charge in [0.05, 0.1) is 24.3 Å². The van der Waals surface area contributed by atoms with Gasteiger partial charge in [0.15, 0.2) is 5.82 Å². The molecule has 0 spiro atoms. The fourth-order valence-electron chi connectivity index (χ4n) is 4.77. The molecule has 4 rings (SSSR count). The molecule has 1 aromatic carbocycles. The van der Waals surface area contributed by atoms with Crippen LogP contribution in [0, 0.1) is 18.8 Å². The van der Waals surface area contributed by atoms with Crippen molar-refractivity contribution >= 4 is 35.1 Å². The molecular weight excluding hydrogens is 470 g/mol. The number of anilines is 2. The summed E-state index contributed by atoms with van der Waals surface area (Å²) < 4.78 is 3.55. The van der Waals surface area contributed by atoms with E-state index in [1.807, 2.05) is 29.7 Å². The third kappa shape index (κ3) is 5.22. The number of aryl methyl sites for hydroxylation is 1. The number of fused-ring (bicyclic) bond motifs is 1. The number of benzene rings is 1. The number of urea groups is 1. The molecule has 1 atom stereocenters. The number of aromatic nitrogens is 3. The third-order valence-electron chi connectivity index (χ3n) is 6.85. The molecule has 1 saturated heterocycles. The zero-order valence-electron chi connectivity index (χ0n) is 21.8. The molecule has 37 heavy (non-hydrogen) atoms. The van der Waals surface area contributed by atoms with Gasteiger partial charge in [0, 0.05) is 39.3 Å². The number of imide groups is 1. The van der Waals surface area contributed by atoms with Crippen LogP contribution in [-0.2, 0) is 24.9 Å². The van der Waals surface area contributed by atoms with E-state index >= 15 is 0 Å². The molecule has 2 aromatic heterocycles. The highest BCUT2D eigenvalue weighted by atomic mass is 16.2. The number of hydrogen-bond acceptors (Lipinski definition) is 6. The average molecular weight is 504 g/mol. The first-order chi connectivity index (χ1) is 17.7. The van der Waals surface area contributed by atoms with Gasteiger partial charge in [-0.25, -0.2) is 4.79 Å². The molecule has 0 saturated carbocycles. The molecule has 1 unspecified atom stereocenters. The Morgan fingerprint density at radius 2 is 2.08 bits per heavy atom. The van der Waals surface area contributed by atoms with Gasteiger partial charge in [-0.1, -0.05) is 12.0 Å². The van der Waals surface area contributed by atoms with Crippen LogP contribution >= 0.6 is 0 Å². The van der Waals surface area contributed by atoms with Crippen LogP contribution in [0.25, 0.3) is 10.9 Å². The largest absolute Gasteiger partial charge is 0.341 e. The zero-order chi connectivity index (χ0) is 26.7. The predicted molar refractivity (Wildman–Crippen MR) is 144 cm³/mol. The van der Waals surface area contributed by atoms with Gasteiger partial charge in [0.1, 0.15) is 0 Å². The Bertz CT molecular complexity index is 1450. The molecular formula is C27H33N7O3. The number of carbonyl (C=O) groups is 2. The van der Waals surface area contributed by atoms with E-state index in [1.165, 1.54) is 11.0 Å². The Balaban J connectivity index is 1.61. The standard InChI is InChI=1S/C27H33N7O3/c1-5-6-14-34-19(2)25(29-26(34)32-13-7-8-22(28)17-32)31(4)27(37)33(18-35)16-20-9-11-23-21(15-20)10-12-24(36)30(23)3/h9-12,15,18,22H,7-8,13-14,16-17,28H2,1-4H3. The summed E-state index contributed by atoms with van der Waals surface area (Å²) in [7, 11) is 3.33. The molecule has 3 amide bonds. The summed E-state index contributed by atoms with van der Waals surface area (Å²) in [6.07, 6.45) is 2.47. The number of carbonyl (C=O) groups excluding carboxylic acids is 2. The lowest BCUT2D eigenvalue weighted by atomic mass is 10.1. The maximum Gasteiger partial charge on any atom is 0.332 e. The Morgan fingerprint density at radius 1 is 1.30 bits per heavy atom. The fraction of sp³-hybridized carbons (Fsp3) is 0.407. The van der Waals surface area contributed by atoms with E-state index in [1.54, 1.807) is 31.7 Å². The second-order valence-electron chi connectivity index (χ2n) is 9.38. The zero-order valence-corrected chi connectivity index (χ0v) is 21.8. The van der Waals surface area contributed by atoms with Crippen molar-refractivity contribution in [2.75, 3.05) is 29.9 Å². The van der Waals surface area contributed by atoms with E-state index in [9.17, 15) is 14.4 Å². The van der Waals surface area contributed by atoms with Crippen LogP contribution in [0.3, 0.4) is 0 Å². The topological polar surface area (TPSA) is 110 Å². The van der Waals surface area contributed by atoms with Gasteiger partial charge >= 0.3 is 6.03 Å². The maximum atomic E-state index is 13.4. The Hall–Kier alpha value is -4.10. The van der Waals surface area contributed by atoms with Gasteiger partial charge in [-0.15, -0.1) is 5.92 Å². The van der Waals surface area contributed by atoms with Gasteiger partial charge in [-0.3, -0.25) is 19.4 Å². The monoisotopic (exact) mass is 503 g/mol. The first-order valence-corrected chi connectivity index (χ1v) is 12.3. The summed E-state index contributed by atoms with van der Waals surface area (Å²) in [4.78, 5) is 46.8. The quantitative estimate of drug-likeness (QED) is 0.408. The number of piperidine rings is 1. The molecule has 3 aromatic rings. The molecule has 194 valence electrons. The fourth-order valence-corrected chi connectivity index (χ4v) is 4.77. The van der Waals surface area contributed by atoms with Gasteiger partial charge in [0.2, 0.25) is 12.4 Å². The molecule has 1 fully saturated rings. The first-order valence-electron chi connectivity index (χ1n) is 12.3. The normalized spacial score (nSPS) is 15.3. The predicted octanol–water partition coefficient (Wildman–Crippen LogP) is 2.21. The molecule has 1 aliphatic rings. The highest BCUT2D eigenvalue weighted by molar-refractivity contribution is 5.97. The summed E-state index contributed by atoms with van der Waals surface area (Å²) in [5.41, 5.74) is 8.44. The number of hydrogen-bond donors (Lipinski definition) is 1. The molecule has 10 heteroatoms. The Morgan fingerprint density at radius 3 is 2.78 bits per heavy atom. The maximum absolute atomic E-state index is 13.4. The first kappa shape index (κ1) is 26.0. The van der Waals surface area contributed by atoms with Crippen LogP contribution in [0.5, 0.6) is 0 Å².